The maximum Gasteiger partial charge on any atom is 0.335 e. The van der Waals surface area contributed by atoms with Crippen molar-refractivity contribution in [3.05, 3.63) is 40.5 Å². The van der Waals surface area contributed by atoms with Crippen LogP contribution in [-0.4, -0.2) is 43.5 Å². The lowest BCUT2D eigenvalue weighted by atomic mass is 10.2. The molecule has 3 amide bonds. The molecule has 3 N–H and O–H groups in total. The molecule has 0 aliphatic rings. The predicted octanol–water partition coefficient (Wildman–Crippen LogP) is 1.90. The first kappa shape index (κ1) is 21.6. The minimum atomic E-state index is -4.29. The smallest absolute Gasteiger partial charge is 0.335 e. The summed E-state index contributed by atoms with van der Waals surface area (Å²) in [4.78, 5) is 31.6. The molecule has 0 saturated carbocycles. The van der Waals surface area contributed by atoms with E-state index in [1.165, 1.54) is 37.6 Å². The summed E-state index contributed by atoms with van der Waals surface area (Å²) in [7, 11) is -2.90. The van der Waals surface area contributed by atoms with Crippen LogP contribution in [0.15, 0.2) is 39.8 Å². The third-order valence-corrected chi connectivity index (χ3v) is 5.52. The lowest BCUT2D eigenvalue weighted by Crippen LogP contribution is -2.35. The monoisotopic (exact) mass is 471 g/mol. The number of urea groups is 1. The minimum absolute atomic E-state index is 0.122. The Hall–Kier alpha value is -2.73. The molecule has 0 saturated heterocycles. The Kier molecular flexibility index (Phi) is 6.91. The lowest BCUT2D eigenvalue weighted by molar-refractivity contribution is 0.0943. The van der Waals surface area contributed by atoms with Crippen LogP contribution in [0.2, 0.25) is 0 Å². The van der Waals surface area contributed by atoms with E-state index in [0.29, 0.717) is 0 Å². The van der Waals surface area contributed by atoms with Gasteiger partial charge < -0.3 is 10.1 Å². The van der Waals surface area contributed by atoms with E-state index in [-0.39, 0.29) is 32.8 Å². The topological polar surface area (TPSA) is 139 Å². The van der Waals surface area contributed by atoms with Crippen molar-refractivity contribution in [2.75, 3.05) is 12.4 Å². The van der Waals surface area contributed by atoms with Gasteiger partial charge in [0.05, 0.1) is 7.11 Å². The summed E-state index contributed by atoms with van der Waals surface area (Å²) in [5, 5.41) is 4.86. The van der Waals surface area contributed by atoms with Gasteiger partial charge in [0.25, 0.3) is 15.9 Å². The number of aromatic nitrogens is 2. The van der Waals surface area contributed by atoms with E-state index in [4.69, 9.17) is 4.74 Å². The zero-order valence-electron chi connectivity index (χ0n) is 15.2. The number of nitrogens with zero attached hydrogens (tertiary/aromatic N) is 2. The third-order valence-electron chi connectivity index (χ3n) is 3.19. The van der Waals surface area contributed by atoms with Crippen molar-refractivity contribution in [2.24, 2.45) is 0 Å². The molecular formula is C16H18BrN5O5S. The molecule has 28 heavy (non-hydrogen) atoms. The number of nitrogens with one attached hydrogen (secondary N) is 3. The van der Waals surface area contributed by atoms with Crippen molar-refractivity contribution in [1.29, 1.82) is 0 Å². The fourth-order valence-electron chi connectivity index (χ4n) is 2.02. The minimum Gasteiger partial charge on any atom is -0.481 e. The molecule has 1 aromatic heterocycles. The first-order chi connectivity index (χ1) is 13.1. The second kappa shape index (κ2) is 8.97. The highest BCUT2D eigenvalue weighted by molar-refractivity contribution is 9.10. The number of hydrogen-bond acceptors (Lipinski definition) is 7. The van der Waals surface area contributed by atoms with Crippen molar-refractivity contribution >= 4 is 43.8 Å². The molecule has 1 heterocycles. The number of carbonyl (C=O) groups excluding carboxylic acids is 2. The number of amides is 3. The molecule has 0 spiro atoms. The van der Waals surface area contributed by atoms with Crippen LogP contribution in [0.5, 0.6) is 5.88 Å². The van der Waals surface area contributed by atoms with Crippen LogP contribution in [0.4, 0.5) is 10.7 Å². The quantitative estimate of drug-likeness (QED) is 0.584. The summed E-state index contributed by atoms with van der Waals surface area (Å²) in [6, 6.07) is 4.31. The normalized spacial score (nSPS) is 11.0. The molecular weight excluding hydrogens is 454 g/mol. The van der Waals surface area contributed by atoms with E-state index in [1.54, 1.807) is 13.8 Å². The molecule has 2 aromatic rings. The third kappa shape index (κ3) is 5.63. The highest BCUT2D eigenvalue weighted by atomic mass is 79.9. The van der Waals surface area contributed by atoms with E-state index in [9.17, 15) is 18.0 Å². The zero-order valence-corrected chi connectivity index (χ0v) is 17.6. The van der Waals surface area contributed by atoms with Crippen molar-refractivity contribution in [3.8, 4) is 5.88 Å². The van der Waals surface area contributed by atoms with E-state index in [2.05, 4.69) is 36.5 Å². The summed E-state index contributed by atoms with van der Waals surface area (Å²) in [5.74, 6) is -0.385. The molecule has 2 rings (SSSR count). The molecule has 12 heteroatoms. The number of sulfonamides is 1. The van der Waals surface area contributed by atoms with Gasteiger partial charge in [0.15, 0.2) is 0 Å². The molecule has 0 aliphatic heterocycles. The number of ether oxygens (including phenoxy) is 1. The molecule has 0 atom stereocenters. The SMILES string of the molecule is COc1ccnc(NC(=O)NS(=O)(=O)c2cc(C(=O)NC(C)C)ccc2Br)n1. The van der Waals surface area contributed by atoms with Crippen LogP contribution in [0.25, 0.3) is 0 Å². The molecule has 0 fully saturated rings. The van der Waals surface area contributed by atoms with E-state index in [1.807, 2.05) is 4.72 Å². The van der Waals surface area contributed by atoms with Gasteiger partial charge in [-0.2, -0.15) is 4.98 Å². The number of methoxy groups -OCH3 is 1. The number of carbonyl (C=O) groups is 2. The summed E-state index contributed by atoms with van der Waals surface area (Å²) in [6.45, 7) is 3.56. The maximum atomic E-state index is 12.6. The molecule has 0 bridgehead atoms. The Bertz CT molecular complexity index is 997. The zero-order chi connectivity index (χ0) is 20.9. The number of halogens is 1. The van der Waals surface area contributed by atoms with Crippen molar-refractivity contribution in [2.45, 2.75) is 24.8 Å². The van der Waals surface area contributed by atoms with Crippen LogP contribution in [0.1, 0.15) is 24.2 Å². The Morgan fingerprint density at radius 2 is 1.93 bits per heavy atom. The number of hydrogen-bond donors (Lipinski definition) is 3. The molecule has 150 valence electrons. The maximum absolute atomic E-state index is 12.6. The van der Waals surface area contributed by atoms with Crippen LogP contribution in [0.3, 0.4) is 0 Å². The molecule has 10 nitrogen and oxygen atoms in total. The summed E-state index contributed by atoms with van der Waals surface area (Å²) in [5.41, 5.74) is 0.133. The van der Waals surface area contributed by atoms with Gasteiger partial charge in [-0.15, -0.1) is 0 Å². The second-order valence-corrected chi connectivity index (χ2v) is 8.26. The van der Waals surface area contributed by atoms with Crippen molar-refractivity contribution in [3.63, 3.8) is 0 Å². The van der Waals surface area contributed by atoms with Gasteiger partial charge in [-0.1, -0.05) is 0 Å². The van der Waals surface area contributed by atoms with Crippen LogP contribution in [-0.2, 0) is 10.0 Å². The number of anilines is 1. The first-order valence-electron chi connectivity index (χ1n) is 7.93. The lowest BCUT2D eigenvalue weighted by Gasteiger charge is -2.12. The van der Waals surface area contributed by atoms with E-state index >= 15 is 0 Å². The highest BCUT2D eigenvalue weighted by Crippen LogP contribution is 2.23. The van der Waals surface area contributed by atoms with Gasteiger partial charge >= 0.3 is 6.03 Å². The van der Waals surface area contributed by atoms with Crippen molar-refractivity contribution < 1.29 is 22.7 Å². The van der Waals surface area contributed by atoms with Gasteiger partial charge in [-0.3, -0.25) is 10.1 Å². The largest absolute Gasteiger partial charge is 0.481 e. The van der Waals surface area contributed by atoms with Crippen LogP contribution < -0.4 is 20.1 Å². The molecule has 1 aromatic carbocycles. The van der Waals surface area contributed by atoms with Gasteiger partial charge in [-0.05, 0) is 48.0 Å². The average molecular weight is 472 g/mol. The van der Waals surface area contributed by atoms with Gasteiger partial charge in [0.1, 0.15) is 4.90 Å². The Morgan fingerprint density at radius 1 is 1.21 bits per heavy atom. The van der Waals surface area contributed by atoms with E-state index < -0.39 is 22.0 Å². The average Bonchev–Trinajstić information content (AvgIpc) is 2.60. The standard InChI is InChI=1S/C16H18BrN5O5S/c1-9(2)19-14(23)10-4-5-11(17)12(8-10)28(25,26)22-16(24)21-15-18-7-6-13(20-15)27-3/h4-9H,1-3H3,(H,19,23)(H2,18,20,21,22,24). The van der Waals surface area contributed by atoms with E-state index in [0.717, 1.165) is 0 Å². The summed E-state index contributed by atoms with van der Waals surface area (Å²) in [6.07, 6.45) is 1.34. The Labute approximate surface area is 170 Å². The van der Waals surface area contributed by atoms with Gasteiger partial charge in [-0.25, -0.2) is 22.9 Å². The Morgan fingerprint density at radius 3 is 2.57 bits per heavy atom. The molecule has 0 radical (unpaired) electrons. The van der Waals surface area contributed by atoms with Crippen LogP contribution in [0, 0.1) is 0 Å². The fraction of sp³-hybridized carbons (Fsp3) is 0.250. The predicted molar refractivity (Wildman–Crippen MR) is 105 cm³/mol. The first-order valence-corrected chi connectivity index (χ1v) is 10.2. The van der Waals surface area contributed by atoms with Gasteiger partial charge in [0.2, 0.25) is 11.8 Å². The number of benzene rings is 1. The Balaban J connectivity index is 2.21. The highest BCUT2D eigenvalue weighted by Gasteiger charge is 2.23. The molecule has 0 aliphatic carbocycles. The number of rotatable bonds is 6. The summed E-state index contributed by atoms with van der Waals surface area (Å²) < 4.78 is 32.1. The second-order valence-electron chi connectivity index (χ2n) is 5.76. The fourth-order valence-corrected chi connectivity index (χ4v) is 3.91. The molecule has 0 unspecified atom stereocenters. The van der Waals surface area contributed by atoms with Crippen LogP contribution >= 0.6 is 15.9 Å². The summed E-state index contributed by atoms with van der Waals surface area (Å²) >= 11 is 3.12. The van der Waals surface area contributed by atoms with Gasteiger partial charge in [0, 0.05) is 28.3 Å². The van der Waals surface area contributed by atoms with Crippen molar-refractivity contribution in [1.82, 2.24) is 20.0 Å².